The molecule has 1 aromatic carbocycles. The summed E-state index contributed by atoms with van der Waals surface area (Å²) in [5, 5.41) is 3.61. The van der Waals surface area contributed by atoms with Gasteiger partial charge in [0.15, 0.2) is 5.16 Å². The van der Waals surface area contributed by atoms with Crippen molar-refractivity contribution in [1.29, 1.82) is 0 Å². The zero-order valence-electron chi connectivity index (χ0n) is 18.6. The summed E-state index contributed by atoms with van der Waals surface area (Å²) in [5.41, 5.74) is 3.39. The number of methoxy groups -OCH3 is 1. The lowest BCUT2D eigenvalue weighted by atomic mass is 10.1. The molecule has 33 heavy (non-hydrogen) atoms. The first-order chi connectivity index (χ1) is 16.2. The number of ether oxygens (including phenoxy) is 2. The van der Waals surface area contributed by atoms with Gasteiger partial charge in [0.2, 0.25) is 0 Å². The number of hydrogen-bond donors (Lipinski definition) is 1. The van der Waals surface area contributed by atoms with Crippen molar-refractivity contribution in [3.05, 3.63) is 77.2 Å². The van der Waals surface area contributed by atoms with Gasteiger partial charge in [0.1, 0.15) is 5.82 Å². The maximum atomic E-state index is 12.4. The number of amides is 1. The van der Waals surface area contributed by atoms with Gasteiger partial charge < -0.3 is 19.7 Å². The molecule has 8 nitrogen and oxygen atoms in total. The minimum atomic E-state index is -0.120. The Labute approximate surface area is 197 Å². The molecule has 4 rings (SSSR count). The number of nitrogens with zero attached hydrogens (tertiary/aromatic N) is 4. The number of carbonyl (C=O) groups excluding carboxylic acids is 1. The van der Waals surface area contributed by atoms with Crippen LogP contribution in [0.15, 0.2) is 59.9 Å². The molecule has 3 aromatic rings. The van der Waals surface area contributed by atoms with Gasteiger partial charge in [-0.2, -0.15) is 0 Å². The number of hydrogen-bond acceptors (Lipinski definition) is 8. The largest absolute Gasteiger partial charge is 0.378 e. The molecule has 0 saturated carbocycles. The molecule has 172 valence electrons. The van der Waals surface area contributed by atoms with Crippen LogP contribution in [0.5, 0.6) is 0 Å². The minimum Gasteiger partial charge on any atom is -0.378 e. The van der Waals surface area contributed by atoms with Gasteiger partial charge in [-0.15, -0.1) is 0 Å². The zero-order chi connectivity index (χ0) is 22.9. The van der Waals surface area contributed by atoms with E-state index in [9.17, 15) is 4.79 Å². The second-order valence-corrected chi connectivity index (χ2v) is 8.46. The molecule has 2 aromatic heterocycles. The molecule has 1 fully saturated rings. The van der Waals surface area contributed by atoms with Crippen LogP contribution in [0.3, 0.4) is 0 Å². The quantitative estimate of drug-likeness (QED) is 0.381. The van der Waals surface area contributed by atoms with Gasteiger partial charge in [-0.05, 0) is 29.8 Å². The molecule has 0 spiro atoms. The average Bonchev–Trinajstić information content (AvgIpc) is 2.87. The van der Waals surface area contributed by atoms with Crippen molar-refractivity contribution in [1.82, 2.24) is 20.3 Å². The lowest BCUT2D eigenvalue weighted by Crippen LogP contribution is -2.37. The van der Waals surface area contributed by atoms with E-state index in [-0.39, 0.29) is 5.91 Å². The highest BCUT2D eigenvalue weighted by Crippen LogP contribution is 2.24. The summed E-state index contributed by atoms with van der Waals surface area (Å²) in [5.74, 6) is 1.49. The maximum absolute atomic E-state index is 12.4. The SMILES string of the molecule is COCc1cc(N2CCOCC2)nc(SCc2ccc(C(=O)NCc3ccccn3)cc2)n1. The van der Waals surface area contributed by atoms with Gasteiger partial charge in [0.05, 0.1) is 37.8 Å². The molecule has 0 unspecified atom stereocenters. The van der Waals surface area contributed by atoms with Gasteiger partial charge in [0, 0.05) is 43.8 Å². The molecule has 1 N–H and O–H groups in total. The van der Waals surface area contributed by atoms with Crippen LogP contribution in [0.4, 0.5) is 5.82 Å². The minimum absolute atomic E-state index is 0.120. The highest BCUT2D eigenvalue weighted by atomic mass is 32.2. The molecular weight excluding hydrogens is 438 g/mol. The highest BCUT2D eigenvalue weighted by molar-refractivity contribution is 7.98. The van der Waals surface area contributed by atoms with Crippen LogP contribution in [-0.4, -0.2) is 54.3 Å². The van der Waals surface area contributed by atoms with E-state index < -0.39 is 0 Å². The standard InChI is InChI=1S/C24H27N5O3S/c1-31-16-21-14-22(29-10-12-32-13-11-29)28-24(27-21)33-17-18-5-7-19(8-6-18)23(30)26-15-20-4-2-3-9-25-20/h2-9,14H,10-13,15-17H2,1H3,(H,26,30). The van der Waals surface area contributed by atoms with Crippen LogP contribution in [-0.2, 0) is 28.4 Å². The van der Waals surface area contributed by atoms with E-state index in [2.05, 4.69) is 20.2 Å². The first-order valence-electron chi connectivity index (χ1n) is 10.8. The van der Waals surface area contributed by atoms with Crippen LogP contribution in [0.25, 0.3) is 0 Å². The molecule has 9 heteroatoms. The summed E-state index contributed by atoms with van der Waals surface area (Å²) in [6.45, 7) is 3.88. The third-order valence-corrected chi connectivity index (χ3v) is 6.03. The Bertz CT molecular complexity index is 1040. The van der Waals surface area contributed by atoms with Gasteiger partial charge >= 0.3 is 0 Å². The van der Waals surface area contributed by atoms with Gasteiger partial charge in [-0.3, -0.25) is 9.78 Å². The second-order valence-electron chi connectivity index (χ2n) is 7.52. The van der Waals surface area contributed by atoms with Gasteiger partial charge in [-0.1, -0.05) is 30.0 Å². The van der Waals surface area contributed by atoms with Crippen molar-refractivity contribution in [2.75, 3.05) is 38.3 Å². The normalized spacial score (nSPS) is 13.7. The molecule has 0 radical (unpaired) electrons. The molecule has 1 saturated heterocycles. The first kappa shape index (κ1) is 23.2. The molecule has 1 aliphatic heterocycles. The Hall–Kier alpha value is -3.01. The third kappa shape index (κ3) is 6.74. The summed E-state index contributed by atoms with van der Waals surface area (Å²) < 4.78 is 10.7. The van der Waals surface area contributed by atoms with Crippen LogP contribution >= 0.6 is 11.8 Å². The second kappa shape index (κ2) is 11.7. The van der Waals surface area contributed by atoms with Crippen LogP contribution in [0.1, 0.15) is 27.3 Å². The number of morpholine rings is 1. The molecule has 3 heterocycles. The van der Waals surface area contributed by atoms with E-state index >= 15 is 0 Å². The monoisotopic (exact) mass is 465 g/mol. The summed E-state index contributed by atoms with van der Waals surface area (Å²) >= 11 is 1.57. The van der Waals surface area contributed by atoms with E-state index in [4.69, 9.17) is 14.5 Å². The van der Waals surface area contributed by atoms with Crippen molar-refractivity contribution in [2.45, 2.75) is 24.1 Å². The number of pyridine rings is 1. The average molecular weight is 466 g/mol. The van der Waals surface area contributed by atoms with Crippen molar-refractivity contribution < 1.29 is 14.3 Å². The van der Waals surface area contributed by atoms with Crippen LogP contribution in [0, 0.1) is 0 Å². The van der Waals surface area contributed by atoms with Crippen molar-refractivity contribution in [3.63, 3.8) is 0 Å². The Morgan fingerprint density at radius 2 is 1.94 bits per heavy atom. The Balaban J connectivity index is 1.36. The Morgan fingerprint density at radius 1 is 1.12 bits per heavy atom. The predicted molar refractivity (Wildman–Crippen MR) is 127 cm³/mol. The number of anilines is 1. The summed E-state index contributed by atoms with van der Waals surface area (Å²) in [7, 11) is 1.66. The number of thioether (sulfide) groups is 1. The number of benzene rings is 1. The molecule has 0 aliphatic carbocycles. The van der Waals surface area contributed by atoms with Crippen LogP contribution < -0.4 is 10.2 Å². The van der Waals surface area contributed by atoms with Gasteiger partial charge in [-0.25, -0.2) is 9.97 Å². The topological polar surface area (TPSA) is 89.5 Å². The number of aromatic nitrogens is 3. The fourth-order valence-corrected chi connectivity index (χ4v) is 4.20. The van der Waals surface area contributed by atoms with E-state index in [1.807, 2.05) is 48.5 Å². The van der Waals surface area contributed by atoms with Crippen LogP contribution in [0.2, 0.25) is 0 Å². The zero-order valence-corrected chi connectivity index (χ0v) is 19.4. The fourth-order valence-electron chi connectivity index (χ4n) is 3.38. The lowest BCUT2D eigenvalue weighted by molar-refractivity contribution is 0.0950. The number of nitrogens with one attached hydrogen (secondary N) is 1. The summed E-state index contributed by atoms with van der Waals surface area (Å²) in [6, 6.07) is 15.2. The Morgan fingerprint density at radius 3 is 2.67 bits per heavy atom. The first-order valence-corrected chi connectivity index (χ1v) is 11.8. The summed E-state index contributed by atoms with van der Waals surface area (Å²) in [4.78, 5) is 28.2. The molecule has 1 amide bonds. The number of rotatable bonds is 9. The molecule has 0 bridgehead atoms. The van der Waals surface area contributed by atoms with Gasteiger partial charge in [0.25, 0.3) is 5.91 Å². The fraction of sp³-hybridized carbons (Fsp3) is 0.333. The number of carbonyl (C=O) groups is 1. The van der Waals surface area contributed by atoms with Crippen molar-refractivity contribution >= 4 is 23.5 Å². The molecule has 0 atom stereocenters. The molecule has 1 aliphatic rings. The molecular formula is C24H27N5O3S. The third-order valence-electron chi connectivity index (χ3n) is 5.11. The van der Waals surface area contributed by atoms with E-state index in [0.29, 0.717) is 42.8 Å². The Kier molecular flexibility index (Phi) is 8.24. The predicted octanol–water partition coefficient (Wildman–Crippen LogP) is 3.08. The lowest BCUT2D eigenvalue weighted by Gasteiger charge is -2.28. The maximum Gasteiger partial charge on any atom is 0.251 e. The smallest absolute Gasteiger partial charge is 0.251 e. The van der Waals surface area contributed by atoms with Crippen molar-refractivity contribution in [2.24, 2.45) is 0 Å². The van der Waals surface area contributed by atoms with Crippen molar-refractivity contribution in [3.8, 4) is 0 Å². The van der Waals surface area contributed by atoms with E-state index in [0.717, 1.165) is 35.9 Å². The van der Waals surface area contributed by atoms with E-state index in [1.165, 1.54) is 0 Å². The highest BCUT2D eigenvalue weighted by Gasteiger charge is 2.15. The van der Waals surface area contributed by atoms with E-state index in [1.54, 1.807) is 25.1 Å². The summed E-state index contributed by atoms with van der Waals surface area (Å²) in [6.07, 6.45) is 1.71.